The minimum absolute atomic E-state index is 0.0752. The van der Waals surface area contributed by atoms with Crippen LogP contribution < -0.4 is 0 Å². The Morgan fingerprint density at radius 2 is 1.80 bits per heavy atom. The van der Waals surface area contributed by atoms with Gasteiger partial charge in [-0.3, -0.25) is 4.79 Å². The molecule has 1 amide bonds. The van der Waals surface area contributed by atoms with Gasteiger partial charge >= 0.3 is 5.97 Å². The summed E-state index contributed by atoms with van der Waals surface area (Å²) in [6, 6.07) is 10.8. The number of phenols is 1. The maximum atomic E-state index is 12.4. The lowest BCUT2D eigenvalue weighted by Gasteiger charge is -2.38. The van der Waals surface area contributed by atoms with Gasteiger partial charge in [-0.2, -0.15) is 0 Å². The molecule has 1 aliphatic heterocycles. The molecule has 25 heavy (non-hydrogen) atoms. The number of carbonyl (C=O) groups is 2. The largest absolute Gasteiger partial charge is 0.506 e. The lowest BCUT2D eigenvalue weighted by molar-refractivity contribution is -0.140. The average molecular weight is 341 g/mol. The molecule has 0 aromatic heterocycles. The van der Waals surface area contributed by atoms with Crippen LogP contribution in [0.2, 0.25) is 0 Å². The number of esters is 1. The van der Waals surface area contributed by atoms with Crippen LogP contribution in [0.3, 0.4) is 0 Å². The van der Waals surface area contributed by atoms with Gasteiger partial charge in [0.05, 0.1) is 0 Å². The van der Waals surface area contributed by atoms with E-state index in [4.69, 9.17) is 4.74 Å². The van der Waals surface area contributed by atoms with Crippen LogP contribution in [-0.4, -0.2) is 40.6 Å². The average Bonchev–Trinajstić information content (AvgIpc) is 2.60. The van der Waals surface area contributed by atoms with Crippen molar-refractivity contribution >= 4 is 22.6 Å². The maximum absolute atomic E-state index is 12.4. The second-order valence-corrected chi connectivity index (χ2v) is 6.69. The molecular formula is C20H23NO4. The molecule has 1 fully saturated rings. The second-order valence-electron chi connectivity index (χ2n) is 6.69. The first-order valence-corrected chi connectivity index (χ1v) is 8.68. The van der Waals surface area contributed by atoms with Crippen LogP contribution in [0.4, 0.5) is 0 Å². The number of fused-ring (bicyclic) bond motifs is 1. The van der Waals surface area contributed by atoms with Crippen molar-refractivity contribution in [3.8, 4) is 5.75 Å². The van der Waals surface area contributed by atoms with Gasteiger partial charge in [0, 0.05) is 17.5 Å². The predicted molar refractivity (Wildman–Crippen MR) is 95.5 cm³/mol. The predicted octanol–water partition coefficient (Wildman–Crippen LogP) is 3.49. The summed E-state index contributed by atoms with van der Waals surface area (Å²) in [4.78, 5) is 26.5. The van der Waals surface area contributed by atoms with Gasteiger partial charge in [0.1, 0.15) is 11.3 Å². The van der Waals surface area contributed by atoms with Crippen molar-refractivity contribution in [2.45, 2.75) is 45.2 Å². The van der Waals surface area contributed by atoms with Crippen LogP contribution in [0.1, 0.15) is 43.5 Å². The number of rotatable bonds is 3. The highest BCUT2D eigenvalue weighted by atomic mass is 16.5. The van der Waals surface area contributed by atoms with E-state index < -0.39 is 5.97 Å². The third kappa shape index (κ3) is 3.45. The maximum Gasteiger partial charge on any atom is 0.342 e. The standard InChI is InChI=1S/C20H23NO4/c1-13-6-5-7-14(2)21(13)18(22)12-25-20(24)17-11-10-15-8-3-4-9-16(15)19(17)23/h3-4,8-11,13-14,23H,5-7,12H2,1-2H3/t13-,14-/m1/s1. The topological polar surface area (TPSA) is 66.8 Å². The van der Waals surface area contributed by atoms with Gasteiger partial charge in [-0.25, -0.2) is 4.79 Å². The first-order chi connectivity index (χ1) is 12.0. The molecule has 2 aromatic rings. The summed E-state index contributed by atoms with van der Waals surface area (Å²) in [6.07, 6.45) is 3.04. The third-order valence-corrected chi connectivity index (χ3v) is 4.93. The Hall–Kier alpha value is -2.56. The number of nitrogens with zero attached hydrogens (tertiary/aromatic N) is 1. The number of carbonyl (C=O) groups excluding carboxylic acids is 2. The molecule has 0 unspecified atom stereocenters. The molecule has 0 aliphatic carbocycles. The van der Waals surface area contributed by atoms with E-state index in [-0.39, 0.29) is 35.9 Å². The molecule has 0 radical (unpaired) electrons. The molecule has 1 saturated heterocycles. The molecule has 0 spiro atoms. The number of phenolic OH excluding ortho intramolecular Hbond substituents is 1. The normalized spacial score (nSPS) is 20.5. The van der Waals surface area contributed by atoms with E-state index in [1.54, 1.807) is 23.1 Å². The van der Waals surface area contributed by atoms with E-state index >= 15 is 0 Å². The van der Waals surface area contributed by atoms with Crippen LogP contribution in [0.5, 0.6) is 5.75 Å². The minimum atomic E-state index is -0.686. The van der Waals surface area contributed by atoms with Gasteiger partial charge in [-0.15, -0.1) is 0 Å². The highest BCUT2D eigenvalue weighted by Gasteiger charge is 2.29. The van der Waals surface area contributed by atoms with E-state index in [1.807, 2.05) is 26.0 Å². The Kier molecular flexibility index (Phi) is 4.93. The minimum Gasteiger partial charge on any atom is -0.506 e. The summed E-state index contributed by atoms with van der Waals surface area (Å²) < 4.78 is 5.18. The molecule has 5 heteroatoms. The Morgan fingerprint density at radius 3 is 2.52 bits per heavy atom. The lowest BCUT2D eigenvalue weighted by Crippen LogP contribution is -2.49. The van der Waals surface area contributed by atoms with Crippen molar-refractivity contribution in [1.29, 1.82) is 0 Å². The van der Waals surface area contributed by atoms with E-state index in [0.29, 0.717) is 5.39 Å². The lowest BCUT2D eigenvalue weighted by atomic mass is 9.97. The zero-order chi connectivity index (χ0) is 18.0. The summed E-state index contributed by atoms with van der Waals surface area (Å²) in [5.74, 6) is -0.988. The van der Waals surface area contributed by atoms with Crippen molar-refractivity contribution in [1.82, 2.24) is 4.90 Å². The molecule has 2 atom stereocenters. The Bertz CT molecular complexity index is 791. The summed E-state index contributed by atoms with van der Waals surface area (Å²) in [5, 5.41) is 11.7. The number of hydrogen-bond donors (Lipinski definition) is 1. The van der Waals surface area contributed by atoms with Gasteiger partial charge in [0.25, 0.3) is 5.91 Å². The number of piperidine rings is 1. The first-order valence-electron chi connectivity index (χ1n) is 8.68. The molecule has 5 nitrogen and oxygen atoms in total. The quantitative estimate of drug-likeness (QED) is 0.868. The van der Waals surface area contributed by atoms with Crippen molar-refractivity contribution in [2.24, 2.45) is 0 Å². The van der Waals surface area contributed by atoms with Crippen molar-refractivity contribution in [2.75, 3.05) is 6.61 Å². The first kappa shape index (κ1) is 17.3. The van der Waals surface area contributed by atoms with Crippen LogP contribution in [0, 0.1) is 0 Å². The second kappa shape index (κ2) is 7.13. The molecule has 2 aromatic carbocycles. The fourth-order valence-electron chi connectivity index (χ4n) is 3.61. The number of likely N-dealkylation sites (tertiary alicyclic amines) is 1. The fraction of sp³-hybridized carbons (Fsp3) is 0.400. The van der Waals surface area contributed by atoms with Gasteiger partial charge in [-0.05, 0) is 44.6 Å². The van der Waals surface area contributed by atoms with Crippen molar-refractivity contribution in [3.63, 3.8) is 0 Å². The van der Waals surface area contributed by atoms with Gasteiger partial charge < -0.3 is 14.7 Å². The molecule has 1 aliphatic rings. The summed E-state index contributed by atoms with van der Waals surface area (Å²) in [6.45, 7) is 3.73. The van der Waals surface area contributed by atoms with Crippen molar-refractivity contribution in [3.05, 3.63) is 42.0 Å². The monoisotopic (exact) mass is 341 g/mol. The molecular weight excluding hydrogens is 318 g/mol. The highest BCUT2D eigenvalue weighted by molar-refractivity contribution is 6.01. The zero-order valence-corrected chi connectivity index (χ0v) is 14.6. The smallest absolute Gasteiger partial charge is 0.342 e. The Labute approximate surface area is 147 Å². The summed E-state index contributed by atoms with van der Waals surface area (Å²) in [7, 11) is 0. The van der Waals surface area contributed by atoms with E-state index in [0.717, 1.165) is 24.6 Å². The molecule has 0 bridgehead atoms. The highest BCUT2D eigenvalue weighted by Crippen LogP contribution is 2.29. The van der Waals surface area contributed by atoms with Gasteiger partial charge in [-0.1, -0.05) is 30.3 Å². The van der Waals surface area contributed by atoms with Gasteiger partial charge in [0.2, 0.25) is 0 Å². The number of benzene rings is 2. The fourth-order valence-corrected chi connectivity index (χ4v) is 3.61. The molecule has 132 valence electrons. The molecule has 1 heterocycles. The Morgan fingerprint density at radius 1 is 1.12 bits per heavy atom. The molecule has 3 rings (SSSR count). The van der Waals surface area contributed by atoms with Crippen LogP contribution in [0.25, 0.3) is 10.8 Å². The van der Waals surface area contributed by atoms with Crippen LogP contribution in [-0.2, 0) is 9.53 Å². The number of amides is 1. The van der Waals surface area contributed by atoms with E-state index in [9.17, 15) is 14.7 Å². The van der Waals surface area contributed by atoms with Gasteiger partial charge in [0.15, 0.2) is 6.61 Å². The van der Waals surface area contributed by atoms with Crippen LogP contribution in [0.15, 0.2) is 36.4 Å². The van der Waals surface area contributed by atoms with E-state index in [2.05, 4.69) is 0 Å². The number of hydrogen-bond acceptors (Lipinski definition) is 4. The SMILES string of the molecule is C[C@@H]1CCC[C@@H](C)N1C(=O)COC(=O)c1ccc2ccccc2c1O. The molecule has 0 saturated carbocycles. The third-order valence-electron chi connectivity index (χ3n) is 4.93. The van der Waals surface area contributed by atoms with Crippen molar-refractivity contribution < 1.29 is 19.4 Å². The number of aromatic hydroxyl groups is 1. The van der Waals surface area contributed by atoms with Crippen LogP contribution >= 0.6 is 0 Å². The summed E-state index contributed by atoms with van der Waals surface area (Å²) in [5.41, 5.74) is 0.0752. The molecule has 1 N–H and O–H groups in total. The van der Waals surface area contributed by atoms with E-state index in [1.165, 1.54) is 6.07 Å². The zero-order valence-electron chi connectivity index (χ0n) is 14.6. The summed E-state index contributed by atoms with van der Waals surface area (Å²) >= 11 is 0. The number of ether oxygens (including phenoxy) is 1. The Balaban J connectivity index is 1.70.